The third-order valence-corrected chi connectivity index (χ3v) is 3.88. The molecule has 0 bridgehead atoms. The molecule has 1 atom stereocenters. The summed E-state index contributed by atoms with van der Waals surface area (Å²) < 4.78 is 5.84. The van der Waals surface area contributed by atoms with E-state index in [0.717, 1.165) is 23.2 Å². The number of rotatable bonds is 3. The summed E-state index contributed by atoms with van der Waals surface area (Å²) in [4.78, 5) is 11.2. The number of fused-ring (bicyclic) bond motifs is 1. The number of aryl methyl sites for hydroxylation is 1. The molecule has 0 aromatic carbocycles. The number of aromatic nitrogens is 2. The molecule has 3 heterocycles. The van der Waals surface area contributed by atoms with E-state index in [1.54, 1.807) is 6.20 Å². The Morgan fingerprint density at radius 1 is 1.37 bits per heavy atom. The molecule has 19 heavy (non-hydrogen) atoms. The first kappa shape index (κ1) is 12.4. The molecule has 4 nitrogen and oxygen atoms in total. The smallest absolute Gasteiger partial charge is 0.213 e. The second-order valence-corrected chi connectivity index (χ2v) is 5.20. The molecule has 3 rings (SSSR count). The average Bonchev–Trinajstić information content (AvgIpc) is 2.82. The summed E-state index contributed by atoms with van der Waals surface area (Å²) in [7, 11) is 2.16. The molecule has 0 amide bonds. The maximum atomic E-state index is 5.84. The molecule has 0 N–H and O–H groups in total. The van der Waals surface area contributed by atoms with Crippen LogP contribution < -0.4 is 4.74 Å². The molecule has 1 aliphatic heterocycles. The highest BCUT2D eigenvalue weighted by Gasteiger charge is 2.21. The summed E-state index contributed by atoms with van der Waals surface area (Å²) in [6, 6.07) is 6.43. The molecule has 1 fully saturated rings. The molecule has 0 aliphatic carbocycles. The van der Waals surface area contributed by atoms with Gasteiger partial charge in [0.2, 0.25) is 5.88 Å². The SMILES string of the molecule is Cc1nccc2nc(OCC3CCCN3C)ccc12. The van der Waals surface area contributed by atoms with Gasteiger partial charge in [-0.2, -0.15) is 0 Å². The van der Waals surface area contributed by atoms with Gasteiger partial charge in [0.25, 0.3) is 0 Å². The Kier molecular flexibility index (Phi) is 3.34. The Morgan fingerprint density at radius 2 is 2.26 bits per heavy atom. The zero-order valence-electron chi connectivity index (χ0n) is 11.5. The quantitative estimate of drug-likeness (QED) is 0.846. The van der Waals surface area contributed by atoms with Crippen LogP contribution in [0.2, 0.25) is 0 Å². The summed E-state index contributed by atoms with van der Waals surface area (Å²) >= 11 is 0. The van der Waals surface area contributed by atoms with Gasteiger partial charge in [-0.25, -0.2) is 4.98 Å². The van der Waals surface area contributed by atoms with Crippen molar-refractivity contribution in [2.45, 2.75) is 25.8 Å². The summed E-state index contributed by atoms with van der Waals surface area (Å²) in [5.41, 5.74) is 1.96. The van der Waals surface area contributed by atoms with Crippen LogP contribution in [-0.4, -0.2) is 41.1 Å². The van der Waals surface area contributed by atoms with Gasteiger partial charge in [-0.1, -0.05) is 0 Å². The largest absolute Gasteiger partial charge is 0.476 e. The number of likely N-dealkylation sites (tertiary alicyclic amines) is 1. The van der Waals surface area contributed by atoms with Crippen LogP contribution in [0, 0.1) is 6.92 Å². The van der Waals surface area contributed by atoms with Gasteiger partial charge < -0.3 is 9.64 Å². The number of hydrogen-bond acceptors (Lipinski definition) is 4. The molecule has 1 saturated heterocycles. The van der Waals surface area contributed by atoms with Crippen LogP contribution in [0.1, 0.15) is 18.5 Å². The minimum atomic E-state index is 0.525. The molecule has 0 saturated carbocycles. The highest BCUT2D eigenvalue weighted by atomic mass is 16.5. The van der Waals surface area contributed by atoms with Crippen LogP contribution in [0.15, 0.2) is 24.4 Å². The second-order valence-electron chi connectivity index (χ2n) is 5.20. The van der Waals surface area contributed by atoms with E-state index < -0.39 is 0 Å². The molecule has 0 radical (unpaired) electrons. The maximum Gasteiger partial charge on any atom is 0.213 e. The van der Waals surface area contributed by atoms with E-state index in [0.29, 0.717) is 11.9 Å². The fraction of sp³-hybridized carbons (Fsp3) is 0.467. The van der Waals surface area contributed by atoms with Crippen molar-refractivity contribution >= 4 is 10.9 Å². The summed E-state index contributed by atoms with van der Waals surface area (Å²) in [6.45, 7) is 3.89. The first-order chi connectivity index (χ1) is 9.24. The average molecular weight is 257 g/mol. The standard InChI is InChI=1S/C15H19N3O/c1-11-13-5-6-15(17-14(13)7-8-16-11)19-10-12-4-3-9-18(12)2/h5-8,12H,3-4,9-10H2,1-2H3. The van der Waals surface area contributed by atoms with Crippen molar-refractivity contribution in [3.63, 3.8) is 0 Å². The van der Waals surface area contributed by atoms with Gasteiger partial charge in [0.05, 0.1) is 5.52 Å². The lowest BCUT2D eigenvalue weighted by molar-refractivity contribution is 0.193. The molecular weight excluding hydrogens is 238 g/mol. The first-order valence-electron chi connectivity index (χ1n) is 6.79. The molecule has 2 aromatic heterocycles. The number of pyridine rings is 2. The van der Waals surface area contributed by atoms with Crippen molar-refractivity contribution in [2.75, 3.05) is 20.2 Å². The van der Waals surface area contributed by atoms with Crippen LogP contribution in [0.5, 0.6) is 5.88 Å². The minimum Gasteiger partial charge on any atom is -0.476 e. The molecule has 1 aliphatic rings. The second kappa shape index (κ2) is 5.13. The molecule has 2 aromatic rings. The van der Waals surface area contributed by atoms with E-state index >= 15 is 0 Å². The van der Waals surface area contributed by atoms with Crippen molar-refractivity contribution in [3.05, 3.63) is 30.1 Å². The fourth-order valence-corrected chi connectivity index (χ4v) is 2.63. The highest BCUT2D eigenvalue weighted by molar-refractivity contribution is 5.80. The topological polar surface area (TPSA) is 38.3 Å². The maximum absolute atomic E-state index is 5.84. The van der Waals surface area contributed by atoms with Crippen LogP contribution in [0.4, 0.5) is 0 Å². The van der Waals surface area contributed by atoms with Gasteiger partial charge in [0.1, 0.15) is 6.61 Å². The lowest BCUT2D eigenvalue weighted by Crippen LogP contribution is -2.30. The predicted molar refractivity (Wildman–Crippen MR) is 75.4 cm³/mol. The highest BCUT2D eigenvalue weighted by Crippen LogP contribution is 2.20. The summed E-state index contributed by atoms with van der Waals surface area (Å²) in [6.07, 6.45) is 4.27. The van der Waals surface area contributed by atoms with Crippen molar-refractivity contribution in [1.29, 1.82) is 0 Å². The Labute approximate surface area is 113 Å². The van der Waals surface area contributed by atoms with Crippen molar-refractivity contribution in [2.24, 2.45) is 0 Å². The Bertz CT molecular complexity index is 585. The lowest BCUT2D eigenvalue weighted by atomic mass is 10.2. The summed E-state index contributed by atoms with van der Waals surface area (Å²) in [5, 5.41) is 1.09. The predicted octanol–water partition coefficient (Wildman–Crippen LogP) is 2.41. The third-order valence-electron chi connectivity index (χ3n) is 3.88. The number of ether oxygens (including phenoxy) is 1. The van der Waals surface area contributed by atoms with Gasteiger partial charge in [-0.05, 0) is 45.5 Å². The fourth-order valence-electron chi connectivity index (χ4n) is 2.63. The normalized spacial score (nSPS) is 20.0. The Hall–Kier alpha value is -1.68. The number of nitrogens with zero attached hydrogens (tertiary/aromatic N) is 3. The van der Waals surface area contributed by atoms with Crippen LogP contribution in [0.25, 0.3) is 10.9 Å². The van der Waals surface area contributed by atoms with Crippen LogP contribution >= 0.6 is 0 Å². The molecule has 1 unspecified atom stereocenters. The molecule has 0 spiro atoms. The van der Waals surface area contributed by atoms with Gasteiger partial charge in [-0.3, -0.25) is 4.98 Å². The van der Waals surface area contributed by atoms with E-state index in [2.05, 4.69) is 21.9 Å². The zero-order chi connectivity index (χ0) is 13.2. The van der Waals surface area contributed by atoms with E-state index in [4.69, 9.17) is 4.74 Å². The summed E-state index contributed by atoms with van der Waals surface area (Å²) in [5.74, 6) is 0.707. The Balaban J connectivity index is 1.75. The third kappa shape index (κ3) is 2.54. The van der Waals surface area contributed by atoms with E-state index in [1.165, 1.54) is 19.4 Å². The van der Waals surface area contributed by atoms with E-state index in [1.807, 2.05) is 25.1 Å². The van der Waals surface area contributed by atoms with Crippen molar-refractivity contribution in [1.82, 2.24) is 14.9 Å². The van der Waals surface area contributed by atoms with E-state index in [-0.39, 0.29) is 0 Å². The van der Waals surface area contributed by atoms with Crippen molar-refractivity contribution < 1.29 is 4.74 Å². The van der Waals surface area contributed by atoms with Gasteiger partial charge in [0.15, 0.2) is 0 Å². The minimum absolute atomic E-state index is 0.525. The molecule has 100 valence electrons. The molecule has 4 heteroatoms. The van der Waals surface area contributed by atoms with Crippen LogP contribution in [0.3, 0.4) is 0 Å². The monoisotopic (exact) mass is 257 g/mol. The Morgan fingerprint density at radius 3 is 3.05 bits per heavy atom. The van der Waals surface area contributed by atoms with Crippen molar-refractivity contribution in [3.8, 4) is 5.88 Å². The molecular formula is C15H19N3O. The number of likely N-dealkylation sites (N-methyl/N-ethyl adjacent to an activating group) is 1. The van der Waals surface area contributed by atoms with Gasteiger partial charge in [-0.15, -0.1) is 0 Å². The van der Waals surface area contributed by atoms with E-state index in [9.17, 15) is 0 Å². The lowest BCUT2D eigenvalue weighted by Gasteiger charge is -2.19. The first-order valence-corrected chi connectivity index (χ1v) is 6.79. The van der Waals surface area contributed by atoms with Gasteiger partial charge >= 0.3 is 0 Å². The van der Waals surface area contributed by atoms with Gasteiger partial charge in [0, 0.05) is 29.4 Å². The number of hydrogen-bond donors (Lipinski definition) is 0. The van der Waals surface area contributed by atoms with Crippen LogP contribution in [-0.2, 0) is 0 Å². The zero-order valence-corrected chi connectivity index (χ0v) is 11.5.